The fraction of sp³-hybridized carbons (Fsp3) is 0.286. The summed E-state index contributed by atoms with van der Waals surface area (Å²) in [4.78, 5) is 33.2. The van der Waals surface area contributed by atoms with Crippen molar-refractivity contribution in [1.29, 1.82) is 0 Å². The van der Waals surface area contributed by atoms with Crippen molar-refractivity contribution in [2.75, 3.05) is 27.2 Å². The SMILES string of the molecule is COc1cc2c(cc1C)[nH]c1nc(C(=O)NC3CCN(C)CC3)nc(-c3ccnc4ccccc34)c12. The Morgan fingerprint density at radius 2 is 1.92 bits per heavy atom. The molecule has 2 N–H and O–H groups in total. The quantitative estimate of drug-likeness (QED) is 0.394. The van der Waals surface area contributed by atoms with E-state index in [2.05, 4.69) is 27.2 Å². The van der Waals surface area contributed by atoms with E-state index in [9.17, 15) is 4.79 Å². The summed E-state index contributed by atoms with van der Waals surface area (Å²) in [5.41, 5.74) is 5.03. The minimum atomic E-state index is -0.251. The molecule has 5 aromatic rings. The second-order valence-corrected chi connectivity index (χ2v) is 9.54. The van der Waals surface area contributed by atoms with Gasteiger partial charge in [0.2, 0.25) is 5.82 Å². The van der Waals surface area contributed by atoms with Crippen LogP contribution in [-0.4, -0.2) is 64.0 Å². The van der Waals surface area contributed by atoms with Crippen molar-refractivity contribution in [2.24, 2.45) is 0 Å². The monoisotopic (exact) mass is 480 g/mol. The molecular formula is C28H28N6O2. The number of likely N-dealkylation sites (tertiary alicyclic amines) is 1. The number of rotatable bonds is 4. The normalized spacial score (nSPS) is 15.1. The number of H-pyrrole nitrogens is 1. The highest BCUT2D eigenvalue weighted by Gasteiger charge is 2.24. The van der Waals surface area contributed by atoms with Crippen molar-refractivity contribution in [3.05, 3.63) is 60.0 Å². The zero-order valence-electron chi connectivity index (χ0n) is 20.6. The molecule has 0 saturated carbocycles. The Hall–Kier alpha value is -4.04. The summed E-state index contributed by atoms with van der Waals surface area (Å²) >= 11 is 0. The van der Waals surface area contributed by atoms with Crippen LogP contribution in [0.3, 0.4) is 0 Å². The first-order chi connectivity index (χ1) is 17.5. The predicted molar refractivity (Wildman–Crippen MR) is 141 cm³/mol. The number of hydrogen-bond acceptors (Lipinski definition) is 6. The van der Waals surface area contributed by atoms with Crippen LogP contribution in [0.1, 0.15) is 29.0 Å². The molecule has 3 aromatic heterocycles. The van der Waals surface area contributed by atoms with Gasteiger partial charge in [-0.2, -0.15) is 0 Å². The van der Waals surface area contributed by atoms with Crippen LogP contribution in [0.4, 0.5) is 0 Å². The van der Waals surface area contributed by atoms with Crippen LogP contribution in [0.15, 0.2) is 48.7 Å². The topological polar surface area (TPSA) is 96.0 Å². The summed E-state index contributed by atoms with van der Waals surface area (Å²) in [5.74, 6) is 0.698. The van der Waals surface area contributed by atoms with Crippen molar-refractivity contribution in [1.82, 2.24) is 30.2 Å². The fourth-order valence-electron chi connectivity index (χ4n) is 5.15. The number of methoxy groups -OCH3 is 1. The van der Waals surface area contributed by atoms with E-state index in [1.165, 1.54) is 0 Å². The van der Waals surface area contributed by atoms with Gasteiger partial charge < -0.3 is 19.9 Å². The van der Waals surface area contributed by atoms with Gasteiger partial charge in [-0.3, -0.25) is 9.78 Å². The highest BCUT2D eigenvalue weighted by atomic mass is 16.5. The number of fused-ring (bicyclic) bond motifs is 4. The molecule has 0 aliphatic carbocycles. The largest absolute Gasteiger partial charge is 0.496 e. The van der Waals surface area contributed by atoms with Crippen LogP contribution < -0.4 is 10.1 Å². The Balaban J connectivity index is 1.56. The van der Waals surface area contributed by atoms with Gasteiger partial charge in [-0.25, -0.2) is 9.97 Å². The molecule has 1 saturated heterocycles. The summed E-state index contributed by atoms with van der Waals surface area (Å²) in [6.45, 7) is 3.93. The first-order valence-electron chi connectivity index (χ1n) is 12.2. The van der Waals surface area contributed by atoms with Gasteiger partial charge in [0.15, 0.2) is 0 Å². The Kier molecular flexibility index (Phi) is 5.53. The molecule has 4 heterocycles. The number of piperidine rings is 1. The molecule has 6 rings (SSSR count). The van der Waals surface area contributed by atoms with E-state index in [-0.39, 0.29) is 17.8 Å². The van der Waals surface area contributed by atoms with Crippen LogP contribution in [0.25, 0.3) is 44.1 Å². The van der Waals surface area contributed by atoms with E-state index in [1.54, 1.807) is 13.3 Å². The maximum absolute atomic E-state index is 13.4. The third kappa shape index (κ3) is 3.83. The molecule has 0 radical (unpaired) electrons. The average molecular weight is 481 g/mol. The second kappa shape index (κ2) is 8.87. The van der Waals surface area contributed by atoms with Crippen molar-refractivity contribution in [3.8, 4) is 17.0 Å². The van der Waals surface area contributed by atoms with Gasteiger partial charge in [0.1, 0.15) is 11.4 Å². The maximum atomic E-state index is 13.4. The lowest BCUT2D eigenvalue weighted by Gasteiger charge is -2.29. The van der Waals surface area contributed by atoms with Crippen LogP contribution in [0.2, 0.25) is 0 Å². The molecule has 8 heteroatoms. The van der Waals surface area contributed by atoms with E-state index in [0.29, 0.717) is 11.3 Å². The maximum Gasteiger partial charge on any atom is 0.289 e. The van der Waals surface area contributed by atoms with Crippen LogP contribution >= 0.6 is 0 Å². The number of aromatic amines is 1. The molecule has 8 nitrogen and oxygen atoms in total. The lowest BCUT2D eigenvalue weighted by atomic mass is 10.0. The van der Waals surface area contributed by atoms with Gasteiger partial charge in [0.25, 0.3) is 5.91 Å². The Morgan fingerprint density at radius 1 is 1.11 bits per heavy atom. The number of aryl methyl sites for hydroxylation is 1. The van der Waals surface area contributed by atoms with Gasteiger partial charge in [-0.1, -0.05) is 18.2 Å². The molecule has 182 valence electrons. The predicted octanol–water partition coefficient (Wildman–Crippen LogP) is 4.47. The van der Waals surface area contributed by atoms with Crippen LogP contribution in [-0.2, 0) is 0 Å². The van der Waals surface area contributed by atoms with Crippen LogP contribution in [0, 0.1) is 6.92 Å². The Labute approximate surface area is 208 Å². The molecular weight excluding hydrogens is 452 g/mol. The zero-order chi connectivity index (χ0) is 24.8. The highest BCUT2D eigenvalue weighted by molar-refractivity contribution is 6.15. The zero-order valence-corrected chi connectivity index (χ0v) is 20.6. The number of ether oxygens (including phenoxy) is 1. The number of nitrogens with zero attached hydrogens (tertiary/aromatic N) is 4. The summed E-state index contributed by atoms with van der Waals surface area (Å²) in [5, 5.41) is 5.93. The number of amides is 1. The molecule has 0 unspecified atom stereocenters. The summed E-state index contributed by atoms with van der Waals surface area (Å²) < 4.78 is 5.61. The standard InChI is InChI=1S/C28H28N6O2/c1-16-14-22-20(15-23(16)36-3)24-25(19-8-11-29-21-7-5-4-6-18(19)21)32-27(33-26(24)31-22)28(35)30-17-9-12-34(2)13-10-17/h4-8,11,14-15,17H,9-10,12-13H2,1-3H3,(H,30,35)(H,31,32,33). The molecule has 1 aliphatic heterocycles. The van der Waals surface area contributed by atoms with E-state index >= 15 is 0 Å². The average Bonchev–Trinajstić information content (AvgIpc) is 3.25. The molecule has 0 atom stereocenters. The number of aromatic nitrogens is 4. The molecule has 2 aromatic carbocycles. The lowest BCUT2D eigenvalue weighted by Crippen LogP contribution is -2.43. The van der Waals surface area contributed by atoms with E-state index < -0.39 is 0 Å². The summed E-state index contributed by atoms with van der Waals surface area (Å²) in [7, 11) is 3.77. The third-order valence-corrected chi connectivity index (χ3v) is 7.13. The number of pyridine rings is 1. The van der Waals surface area contributed by atoms with Crippen molar-refractivity contribution in [2.45, 2.75) is 25.8 Å². The van der Waals surface area contributed by atoms with E-state index in [1.807, 2.05) is 49.4 Å². The minimum absolute atomic E-state index is 0.118. The lowest BCUT2D eigenvalue weighted by molar-refractivity contribution is 0.0906. The molecule has 1 fully saturated rings. The molecule has 0 spiro atoms. The first-order valence-corrected chi connectivity index (χ1v) is 12.2. The van der Waals surface area contributed by atoms with Crippen molar-refractivity contribution < 1.29 is 9.53 Å². The number of carbonyl (C=O) groups excluding carboxylic acids is 1. The van der Waals surface area contributed by atoms with Crippen LogP contribution in [0.5, 0.6) is 5.75 Å². The number of carbonyl (C=O) groups is 1. The smallest absolute Gasteiger partial charge is 0.289 e. The number of hydrogen-bond donors (Lipinski definition) is 2. The van der Waals surface area contributed by atoms with Gasteiger partial charge >= 0.3 is 0 Å². The Morgan fingerprint density at radius 3 is 2.72 bits per heavy atom. The number of para-hydroxylation sites is 1. The molecule has 0 bridgehead atoms. The van der Waals surface area contributed by atoms with E-state index in [4.69, 9.17) is 14.7 Å². The number of benzene rings is 2. The molecule has 1 aliphatic rings. The van der Waals surface area contributed by atoms with Crippen molar-refractivity contribution >= 4 is 38.7 Å². The van der Waals surface area contributed by atoms with Crippen molar-refractivity contribution in [3.63, 3.8) is 0 Å². The molecule has 36 heavy (non-hydrogen) atoms. The number of nitrogens with one attached hydrogen (secondary N) is 2. The summed E-state index contributed by atoms with van der Waals surface area (Å²) in [6, 6.07) is 14.1. The van der Waals surface area contributed by atoms with Gasteiger partial charge in [-0.05, 0) is 69.7 Å². The second-order valence-electron chi connectivity index (χ2n) is 9.54. The van der Waals surface area contributed by atoms with E-state index in [0.717, 1.165) is 70.0 Å². The van der Waals surface area contributed by atoms with Gasteiger partial charge in [-0.15, -0.1) is 0 Å². The Bertz CT molecular complexity index is 1610. The van der Waals surface area contributed by atoms with Gasteiger partial charge in [0.05, 0.1) is 23.7 Å². The summed E-state index contributed by atoms with van der Waals surface area (Å²) in [6.07, 6.45) is 3.61. The third-order valence-electron chi connectivity index (χ3n) is 7.13. The minimum Gasteiger partial charge on any atom is -0.496 e. The molecule has 1 amide bonds. The van der Waals surface area contributed by atoms with Gasteiger partial charge in [0, 0.05) is 34.1 Å². The highest BCUT2D eigenvalue weighted by Crippen LogP contribution is 2.37. The first kappa shape index (κ1) is 22.4. The fourth-order valence-corrected chi connectivity index (χ4v) is 5.15.